The number of rotatable bonds is 2. The van der Waals surface area contributed by atoms with E-state index in [4.69, 9.17) is 0 Å². The fourth-order valence-electron chi connectivity index (χ4n) is 3.11. The Bertz CT molecular complexity index is 818. The Labute approximate surface area is 129 Å². The van der Waals surface area contributed by atoms with E-state index in [0.717, 1.165) is 23.4 Å². The number of aromatic amines is 1. The smallest absolute Gasteiger partial charge is 0.118 e. The molecule has 1 aromatic carbocycles. The van der Waals surface area contributed by atoms with Gasteiger partial charge in [-0.25, -0.2) is 0 Å². The van der Waals surface area contributed by atoms with Gasteiger partial charge in [0.05, 0.1) is 5.69 Å². The van der Waals surface area contributed by atoms with Crippen LogP contribution in [-0.4, -0.2) is 15.2 Å². The monoisotopic (exact) mass is 287 g/mol. The normalized spacial score (nSPS) is 19.9. The third-order valence-corrected chi connectivity index (χ3v) is 4.39. The van der Waals surface area contributed by atoms with Crippen molar-refractivity contribution in [1.29, 1.82) is 0 Å². The van der Waals surface area contributed by atoms with E-state index in [1.807, 2.05) is 18.2 Å². The molecule has 1 atom stereocenters. The maximum atomic E-state index is 4.49. The second-order valence-corrected chi connectivity index (χ2v) is 5.97. The number of pyridine rings is 1. The molecule has 0 radical (unpaired) electrons. The lowest BCUT2D eigenvalue weighted by atomic mass is 9.74. The van der Waals surface area contributed by atoms with Crippen molar-refractivity contribution < 1.29 is 0 Å². The maximum absolute atomic E-state index is 4.49. The second kappa shape index (κ2) is 4.95. The van der Waals surface area contributed by atoms with Crippen molar-refractivity contribution in [3.8, 4) is 11.4 Å². The molecular weight excluding hydrogens is 270 g/mol. The second-order valence-electron chi connectivity index (χ2n) is 5.97. The highest BCUT2D eigenvalue weighted by Crippen LogP contribution is 2.37. The molecule has 0 saturated carbocycles. The molecule has 0 amide bonds. The molecule has 1 aliphatic carbocycles. The summed E-state index contributed by atoms with van der Waals surface area (Å²) in [7, 11) is 0. The first kappa shape index (κ1) is 13.0. The summed E-state index contributed by atoms with van der Waals surface area (Å²) in [6, 6.07) is 16.5. The van der Waals surface area contributed by atoms with Crippen LogP contribution in [-0.2, 0) is 11.8 Å². The average Bonchev–Trinajstić information content (AvgIpc) is 2.99. The molecule has 2 heterocycles. The van der Waals surface area contributed by atoms with Crippen LogP contribution in [0.2, 0.25) is 0 Å². The van der Waals surface area contributed by atoms with E-state index < -0.39 is 0 Å². The Morgan fingerprint density at radius 1 is 1.05 bits per heavy atom. The third-order valence-electron chi connectivity index (χ3n) is 4.39. The molecule has 22 heavy (non-hydrogen) atoms. The number of nitrogens with zero attached hydrogens (tertiary/aromatic N) is 2. The van der Waals surface area contributed by atoms with Gasteiger partial charge in [-0.15, -0.1) is 0 Å². The first-order valence-electron chi connectivity index (χ1n) is 7.50. The number of benzene rings is 1. The lowest BCUT2D eigenvalue weighted by Crippen LogP contribution is -2.25. The number of allylic oxidation sites excluding steroid dienone is 1. The Hall–Kier alpha value is -2.68. The molecule has 108 valence electrons. The van der Waals surface area contributed by atoms with E-state index in [1.165, 1.54) is 11.3 Å². The Balaban J connectivity index is 1.75. The van der Waals surface area contributed by atoms with Crippen LogP contribution in [0.3, 0.4) is 0 Å². The molecule has 3 nitrogen and oxygen atoms in total. The number of fused-ring (bicyclic) bond motifs is 1. The molecule has 0 spiro atoms. The summed E-state index contributed by atoms with van der Waals surface area (Å²) in [6.45, 7) is 2.27. The van der Waals surface area contributed by atoms with E-state index in [-0.39, 0.29) is 5.41 Å². The average molecular weight is 287 g/mol. The predicted octanol–water partition coefficient (Wildman–Crippen LogP) is 4.00. The summed E-state index contributed by atoms with van der Waals surface area (Å²) >= 11 is 0. The van der Waals surface area contributed by atoms with Gasteiger partial charge in [0.15, 0.2) is 0 Å². The topological polar surface area (TPSA) is 41.6 Å². The molecule has 0 fully saturated rings. The lowest BCUT2D eigenvalue weighted by molar-refractivity contribution is 0.577. The molecule has 0 saturated heterocycles. The lowest BCUT2D eigenvalue weighted by Gasteiger charge is -2.29. The van der Waals surface area contributed by atoms with Gasteiger partial charge in [0, 0.05) is 29.3 Å². The number of aromatic nitrogens is 3. The summed E-state index contributed by atoms with van der Waals surface area (Å²) in [4.78, 5) is 4.41. The van der Waals surface area contributed by atoms with Gasteiger partial charge < -0.3 is 0 Å². The van der Waals surface area contributed by atoms with Crippen LogP contribution < -0.4 is 0 Å². The predicted molar refractivity (Wildman–Crippen MR) is 88.4 cm³/mol. The van der Waals surface area contributed by atoms with E-state index >= 15 is 0 Å². The van der Waals surface area contributed by atoms with Gasteiger partial charge in [-0.1, -0.05) is 55.5 Å². The molecule has 3 aromatic rings. The number of hydrogen-bond acceptors (Lipinski definition) is 2. The molecule has 1 N–H and O–H groups in total. The Morgan fingerprint density at radius 3 is 2.64 bits per heavy atom. The van der Waals surface area contributed by atoms with Gasteiger partial charge >= 0.3 is 0 Å². The van der Waals surface area contributed by atoms with Gasteiger partial charge in [0.1, 0.15) is 5.69 Å². The SMILES string of the molecule is CC1(c2ccccc2)C=Cc2c(-c3ccccn3)n[nH]c2C1. The molecule has 4 rings (SSSR count). The number of nitrogens with one attached hydrogen (secondary N) is 1. The van der Waals surface area contributed by atoms with E-state index in [2.05, 4.69) is 64.6 Å². The molecule has 1 unspecified atom stereocenters. The van der Waals surface area contributed by atoms with Crippen molar-refractivity contribution >= 4 is 6.08 Å². The summed E-state index contributed by atoms with van der Waals surface area (Å²) in [5.74, 6) is 0. The maximum Gasteiger partial charge on any atom is 0.118 e. The standard InChI is InChI=1S/C19H17N3/c1-19(14-7-3-2-4-8-14)11-10-15-17(13-19)21-22-18(15)16-9-5-6-12-20-16/h2-12H,13H2,1H3,(H,21,22). The molecule has 0 bridgehead atoms. The van der Waals surface area contributed by atoms with E-state index in [1.54, 1.807) is 6.20 Å². The Kier molecular flexibility index (Phi) is 2.93. The van der Waals surface area contributed by atoms with Crippen molar-refractivity contribution in [2.45, 2.75) is 18.8 Å². The van der Waals surface area contributed by atoms with Crippen LogP contribution in [0.5, 0.6) is 0 Å². The van der Waals surface area contributed by atoms with Crippen molar-refractivity contribution in [2.24, 2.45) is 0 Å². The first-order valence-corrected chi connectivity index (χ1v) is 7.50. The van der Waals surface area contributed by atoms with Gasteiger partial charge in [-0.2, -0.15) is 5.10 Å². The molecule has 1 aliphatic rings. The van der Waals surface area contributed by atoms with Crippen molar-refractivity contribution in [3.05, 3.63) is 77.6 Å². The van der Waals surface area contributed by atoms with Crippen LogP contribution in [0, 0.1) is 0 Å². The molecular formula is C19H17N3. The van der Waals surface area contributed by atoms with Gasteiger partial charge in [-0.05, 0) is 17.7 Å². The van der Waals surface area contributed by atoms with Crippen molar-refractivity contribution in [3.63, 3.8) is 0 Å². The van der Waals surface area contributed by atoms with Crippen LogP contribution in [0.25, 0.3) is 17.5 Å². The summed E-state index contributed by atoms with van der Waals surface area (Å²) in [5.41, 5.74) is 5.50. The van der Waals surface area contributed by atoms with Gasteiger partial charge in [0.25, 0.3) is 0 Å². The minimum Gasteiger partial charge on any atom is -0.281 e. The summed E-state index contributed by atoms with van der Waals surface area (Å²) in [5, 5.41) is 7.70. The molecule has 3 heteroatoms. The first-order chi connectivity index (χ1) is 10.8. The van der Waals surface area contributed by atoms with Crippen molar-refractivity contribution in [2.75, 3.05) is 0 Å². The molecule has 0 aliphatic heterocycles. The summed E-state index contributed by atoms with van der Waals surface area (Å²) < 4.78 is 0. The molecule has 2 aromatic heterocycles. The minimum atomic E-state index is 0.00216. The highest BCUT2D eigenvalue weighted by molar-refractivity contribution is 5.73. The Morgan fingerprint density at radius 2 is 1.86 bits per heavy atom. The fraction of sp³-hybridized carbons (Fsp3) is 0.158. The number of H-pyrrole nitrogens is 1. The van der Waals surface area contributed by atoms with Crippen LogP contribution in [0.1, 0.15) is 23.7 Å². The van der Waals surface area contributed by atoms with Crippen LogP contribution in [0.15, 0.2) is 60.8 Å². The minimum absolute atomic E-state index is 0.00216. The number of hydrogen-bond donors (Lipinski definition) is 1. The zero-order chi connectivity index (χ0) is 15.0. The quantitative estimate of drug-likeness (QED) is 0.774. The third kappa shape index (κ3) is 2.06. The van der Waals surface area contributed by atoms with Gasteiger partial charge in [0.2, 0.25) is 0 Å². The highest BCUT2D eigenvalue weighted by atomic mass is 15.1. The van der Waals surface area contributed by atoms with Gasteiger partial charge in [-0.3, -0.25) is 10.1 Å². The fourth-order valence-corrected chi connectivity index (χ4v) is 3.11. The summed E-state index contributed by atoms with van der Waals surface area (Å²) in [6.07, 6.45) is 7.19. The van der Waals surface area contributed by atoms with Crippen molar-refractivity contribution in [1.82, 2.24) is 15.2 Å². The van der Waals surface area contributed by atoms with E-state index in [9.17, 15) is 0 Å². The largest absolute Gasteiger partial charge is 0.281 e. The van der Waals surface area contributed by atoms with E-state index in [0.29, 0.717) is 0 Å². The zero-order valence-electron chi connectivity index (χ0n) is 12.5. The highest BCUT2D eigenvalue weighted by Gasteiger charge is 2.30. The van der Waals surface area contributed by atoms with Crippen LogP contribution in [0.4, 0.5) is 0 Å². The zero-order valence-corrected chi connectivity index (χ0v) is 12.5. The van der Waals surface area contributed by atoms with Crippen LogP contribution >= 0.6 is 0 Å².